The molecule has 0 spiro atoms. The number of sulfonamides is 2. The van der Waals surface area contributed by atoms with Gasteiger partial charge in [-0.05, 0) is 43.2 Å². The van der Waals surface area contributed by atoms with Crippen molar-refractivity contribution in [3.8, 4) is 0 Å². The largest absolute Gasteiger partial charge is 0.271 e. The molecule has 8 nitrogen and oxygen atoms in total. The molecule has 0 bridgehead atoms. The summed E-state index contributed by atoms with van der Waals surface area (Å²) in [7, 11) is -5.78. The van der Waals surface area contributed by atoms with E-state index in [2.05, 4.69) is 5.10 Å². The van der Waals surface area contributed by atoms with Gasteiger partial charge in [0.2, 0.25) is 20.0 Å². The summed E-state index contributed by atoms with van der Waals surface area (Å²) in [6.45, 7) is 4.14. The van der Waals surface area contributed by atoms with Crippen molar-refractivity contribution in [2.75, 3.05) is 26.2 Å². The van der Waals surface area contributed by atoms with E-state index in [1.807, 2.05) is 24.3 Å². The Morgan fingerprint density at radius 1 is 0.806 bits per heavy atom. The zero-order valence-electron chi connectivity index (χ0n) is 17.8. The van der Waals surface area contributed by atoms with Gasteiger partial charge < -0.3 is 0 Å². The van der Waals surface area contributed by atoms with E-state index in [1.165, 1.54) is 8.61 Å². The molecule has 1 saturated heterocycles. The molecular formula is C21H26N4O4S2. The smallest absolute Gasteiger partial charge is 0.246 e. The van der Waals surface area contributed by atoms with E-state index in [-0.39, 0.29) is 36.0 Å². The van der Waals surface area contributed by atoms with Gasteiger partial charge >= 0.3 is 0 Å². The van der Waals surface area contributed by atoms with Crippen molar-refractivity contribution in [3.63, 3.8) is 0 Å². The summed E-state index contributed by atoms with van der Waals surface area (Å²) in [6.07, 6.45) is 0.421. The monoisotopic (exact) mass is 462 g/mol. The van der Waals surface area contributed by atoms with Gasteiger partial charge in [-0.2, -0.15) is 13.7 Å². The third kappa shape index (κ3) is 3.89. The maximum absolute atomic E-state index is 13.3. The number of aryl methyl sites for hydroxylation is 2. The van der Waals surface area contributed by atoms with Crippen LogP contribution >= 0.6 is 0 Å². The molecule has 0 amide bonds. The first-order valence-electron chi connectivity index (χ1n) is 10.1. The fourth-order valence-corrected chi connectivity index (χ4v) is 7.46. The number of nitrogens with zero attached hydrogens (tertiary/aromatic N) is 4. The minimum atomic E-state index is -3.76. The van der Waals surface area contributed by atoms with Gasteiger partial charge in [0.25, 0.3) is 0 Å². The molecule has 0 atom stereocenters. The third-order valence-corrected chi connectivity index (χ3v) is 9.86. The van der Waals surface area contributed by atoms with E-state index in [0.717, 1.165) is 10.8 Å². The molecule has 1 aliphatic rings. The maximum atomic E-state index is 13.3. The highest BCUT2D eigenvalue weighted by Gasteiger charge is 2.34. The fourth-order valence-electron chi connectivity index (χ4n) is 4.08. The van der Waals surface area contributed by atoms with Crippen molar-refractivity contribution in [1.82, 2.24) is 18.4 Å². The maximum Gasteiger partial charge on any atom is 0.246 e. The molecule has 0 saturated carbocycles. The van der Waals surface area contributed by atoms with Crippen molar-refractivity contribution in [1.29, 1.82) is 0 Å². The molecule has 2 heterocycles. The molecule has 0 radical (unpaired) electrons. The fraction of sp³-hybridized carbons (Fsp3) is 0.381. The Bertz CT molecular complexity index is 1350. The molecular weight excluding hydrogens is 436 g/mol. The van der Waals surface area contributed by atoms with Crippen LogP contribution in [0.15, 0.2) is 52.3 Å². The van der Waals surface area contributed by atoms with Crippen molar-refractivity contribution in [2.24, 2.45) is 7.05 Å². The van der Waals surface area contributed by atoms with E-state index < -0.39 is 20.0 Å². The lowest BCUT2D eigenvalue weighted by Gasteiger charge is -2.22. The third-order valence-electron chi connectivity index (χ3n) is 5.81. The second-order valence-electron chi connectivity index (χ2n) is 7.79. The van der Waals surface area contributed by atoms with Crippen LogP contribution in [0.25, 0.3) is 10.8 Å². The lowest BCUT2D eigenvalue weighted by Crippen LogP contribution is -2.37. The second kappa shape index (κ2) is 8.01. The lowest BCUT2D eigenvalue weighted by molar-refractivity contribution is 0.404. The Balaban J connectivity index is 1.59. The van der Waals surface area contributed by atoms with Crippen LogP contribution in [0.3, 0.4) is 0 Å². The van der Waals surface area contributed by atoms with Crippen molar-refractivity contribution in [3.05, 3.63) is 53.9 Å². The Labute approximate surface area is 183 Å². The molecule has 0 aliphatic carbocycles. The molecule has 0 N–H and O–H groups in total. The number of aromatic nitrogens is 2. The zero-order valence-corrected chi connectivity index (χ0v) is 19.4. The Kier molecular flexibility index (Phi) is 5.67. The topological polar surface area (TPSA) is 92.6 Å². The summed E-state index contributed by atoms with van der Waals surface area (Å²) in [5.74, 6) is 0. The molecule has 3 aromatic rings. The van der Waals surface area contributed by atoms with Crippen LogP contribution in [-0.4, -0.2) is 61.4 Å². The van der Waals surface area contributed by atoms with Gasteiger partial charge in [0, 0.05) is 33.2 Å². The Morgan fingerprint density at radius 2 is 1.42 bits per heavy atom. The normalized spacial score (nSPS) is 17.1. The van der Waals surface area contributed by atoms with Crippen LogP contribution in [0.5, 0.6) is 0 Å². The first kappa shape index (κ1) is 21.9. The van der Waals surface area contributed by atoms with Crippen LogP contribution in [0, 0.1) is 13.8 Å². The summed E-state index contributed by atoms with van der Waals surface area (Å²) < 4.78 is 57.4. The van der Waals surface area contributed by atoms with Gasteiger partial charge in [-0.3, -0.25) is 4.68 Å². The summed E-state index contributed by atoms with van der Waals surface area (Å²) in [6, 6.07) is 12.7. The van der Waals surface area contributed by atoms with Crippen LogP contribution in [0.4, 0.5) is 0 Å². The average Bonchev–Trinajstić information content (AvgIpc) is 2.91. The highest BCUT2D eigenvalue weighted by Crippen LogP contribution is 2.26. The minimum absolute atomic E-state index is 0.100. The van der Waals surface area contributed by atoms with Gasteiger partial charge in [-0.1, -0.05) is 30.3 Å². The molecule has 2 aromatic carbocycles. The standard InChI is InChI=1S/C21H26N4O4S2/c1-16-21(17(2)23(3)22-16)31(28,29)25-12-6-11-24(13-14-25)30(26,27)20-10-9-18-7-4-5-8-19(18)15-20/h4-5,7-10,15H,6,11-14H2,1-3H3. The van der Waals surface area contributed by atoms with E-state index in [0.29, 0.717) is 17.8 Å². The molecule has 4 rings (SSSR count). The van der Waals surface area contributed by atoms with Gasteiger partial charge in [-0.15, -0.1) is 0 Å². The van der Waals surface area contributed by atoms with Gasteiger partial charge in [0.15, 0.2) is 0 Å². The average molecular weight is 463 g/mol. The SMILES string of the molecule is Cc1nn(C)c(C)c1S(=O)(=O)N1CCCN(S(=O)(=O)c2ccc3ccccc3c2)CC1. The van der Waals surface area contributed by atoms with Crippen molar-refractivity contribution < 1.29 is 16.8 Å². The van der Waals surface area contributed by atoms with E-state index in [9.17, 15) is 16.8 Å². The number of hydrogen-bond acceptors (Lipinski definition) is 5. The first-order valence-corrected chi connectivity index (χ1v) is 13.0. The number of fused-ring (bicyclic) bond motifs is 1. The first-order chi connectivity index (χ1) is 14.6. The molecule has 0 unspecified atom stereocenters. The molecule has 31 heavy (non-hydrogen) atoms. The minimum Gasteiger partial charge on any atom is -0.271 e. The van der Waals surface area contributed by atoms with Crippen LogP contribution in [-0.2, 0) is 27.1 Å². The summed E-state index contributed by atoms with van der Waals surface area (Å²) in [5, 5.41) is 6.04. The molecule has 1 fully saturated rings. The Hall–Kier alpha value is -2.27. The van der Waals surface area contributed by atoms with Crippen LogP contribution in [0.1, 0.15) is 17.8 Å². The van der Waals surface area contributed by atoms with Gasteiger partial charge in [0.1, 0.15) is 4.90 Å². The Morgan fingerprint density at radius 3 is 2.03 bits per heavy atom. The predicted molar refractivity (Wildman–Crippen MR) is 119 cm³/mol. The van der Waals surface area contributed by atoms with Crippen LogP contribution < -0.4 is 0 Å². The van der Waals surface area contributed by atoms with Gasteiger partial charge in [-0.25, -0.2) is 16.8 Å². The molecule has 1 aliphatic heterocycles. The van der Waals surface area contributed by atoms with Crippen molar-refractivity contribution in [2.45, 2.75) is 30.1 Å². The molecule has 10 heteroatoms. The molecule has 1 aromatic heterocycles. The van der Waals surface area contributed by atoms with E-state index in [1.54, 1.807) is 43.8 Å². The summed E-state index contributed by atoms with van der Waals surface area (Å²) >= 11 is 0. The van der Waals surface area contributed by atoms with Crippen molar-refractivity contribution >= 4 is 30.8 Å². The van der Waals surface area contributed by atoms with E-state index >= 15 is 0 Å². The summed E-state index contributed by atoms with van der Waals surface area (Å²) in [4.78, 5) is 0.433. The second-order valence-corrected chi connectivity index (χ2v) is 11.6. The number of hydrogen-bond donors (Lipinski definition) is 0. The predicted octanol–water partition coefficient (Wildman–Crippen LogP) is 2.28. The van der Waals surface area contributed by atoms with E-state index in [4.69, 9.17) is 0 Å². The lowest BCUT2D eigenvalue weighted by atomic mass is 10.1. The number of rotatable bonds is 4. The molecule has 166 valence electrons. The van der Waals surface area contributed by atoms with Gasteiger partial charge in [0.05, 0.1) is 16.3 Å². The summed E-state index contributed by atoms with van der Waals surface area (Å²) in [5.41, 5.74) is 1.02. The highest BCUT2D eigenvalue weighted by atomic mass is 32.2. The highest BCUT2D eigenvalue weighted by molar-refractivity contribution is 7.89. The van der Waals surface area contributed by atoms with Crippen LogP contribution in [0.2, 0.25) is 0 Å². The zero-order chi connectivity index (χ0) is 22.4. The quantitative estimate of drug-likeness (QED) is 0.593. The number of benzene rings is 2.